The van der Waals surface area contributed by atoms with Crippen molar-refractivity contribution >= 4 is 11.7 Å². The second kappa shape index (κ2) is 7.54. The van der Waals surface area contributed by atoms with E-state index in [0.717, 1.165) is 12.0 Å². The average Bonchev–Trinajstić information content (AvgIpc) is 2.41. The van der Waals surface area contributed by atoms with Gasteiger partial charge in [0.1, 0.15) is 0 Å². The molecule has 108 valence electrons. The van der Waals surface area contributed by atoms with E-state index in [1.54, 1.807) is 0 Å². The van der Waals surface area contributed by atoms with Gasteiger partial charge in [-0.15, -0.1) is 0 Å². The van der Waals surface area contributed by atoms with Crippen LogP contribution >= 0.6 is 0 Å². The third-order valence-electron chi connectivity index (χ3n) is 3.08. The first-order chi connectivity index (χ1) is 9.43. The Hall–Kier alpha value is -2.02. The highest BCUT2D eigenvalue weighted by atomic mass is 16.5. The standard InChI is InChI=1S/C16H22N2O2/c1-16(2,12-17)9-4-10-20-15(19)8-7-13-5-3-6-14(18)11-13/h3,5-6,11H,4,7-10,18H2,1-2H3. The highest BCUT2D eigenvalue weighted by molar-refractivity contribution is 5.69. The van der Waals surface area contributed by atoms with Crippen molar-refractivity contribution < 1.29 is 9.53 Å². The molecular weight excluding hydrogens is 252 g/mol. The van der Waals surface area contributed by atoms with Crippen molar-refractivity contribution in [3.05, 3.63) is 29.8 Å². The number of nitrogen functional groups attached to an aromatic ring is 1. The third kappa shape index (κ3) is 6.24. The summed E-state index contributed by atoms with van der Waals surface area (Å²) in [6.07, 6.45) is 2.43. The molecule has 0 aliphatic heterocycles. The lowest BCUT2D eigenvalue weighted by Gasteiger charge is -2.14. The first-order valence-corrected chi connectivity index (χ1v) is 6.84. The molecule has 0 radical (unpaired) electrons. The zero-order chi connectivity index (χ0) is 15.0. The molecule has 0 heterocycles. The molecule has 1 rings (SSSR count). The van der Waals surface area contributed by atoms with Gasteiger partial charge in [0, 0.05) is 12.1 Å². The fourth-order valence-corrected chi connectivity index (χ4v) is 1.82. The predicted molar refractivity (Wildman–Crippen MR) is 78.8 cm³/mol. The summed E-state index contributed by atoms with van der Waals surface area (Å²) in [5.74, 6) is -0.206. The van der Waals surface area contributed by atoms with Gasteiger partial charge in [0.25, 0.3) is 0 Å². The third-order valence-corrected chi connectivity index (χ3v) is 3.08. The summed E-state index contributed by atoms with van der Waals surface area (Å²) in [6.45, 7) is 4.14. The van der Waals surface area contributed by atoms with Crippen LogP contribution in [0.25, 0.3) is 0 Å². The number of hydrogen-bond donors (Lipinski definition) is 1. The molecule has 0 spiro atoms. The van der Waals surface area contributed by atoms with E-state index in [-0.39, 0.29) is 11.4 Å². The van der Waals surface area contributed by atoms with Crippen molar-refractivity contribution in [3.8, 4) is 6.07 Å². The minimum atomic E-state index is -0.353. The zero-order valence-electron chi connectivity index (χ0n) is 12.2. The van der Waals surface area contributed by atoms with E-state index in [4.69, 9.17) is 15.7 Å². The Kier molecular flexibility index (Phi) is 6.05. The summed E-state index contributed by atoms with van der Waals surface area (Å²) in [5.41, 5.74) is 7.06. The number of carbonyl (C=O) groups excluding carboxylic acids is 1. The van der Waals surface area contributed by atoms with Crippen molar-refractivity contribution in [1.29, 1.82) is 5.26 Å². The lowest BCUT2D eigenvalue weighted by Crippen LogP contribution is -2.12. The molecule has 0 aliphatic carbocycles. The number of anilines is 1. The molecule has 0 amide bonds. The first kappa shape index (κ1) is 16.0. The van der Waals surface area contributed by atoms with Crippen LogP contribution in [0.5, 0.6) is 0 Å². The number of rotatable bonds is 7. The molecule has 0 aliphatic rings. The van der Waals surface area contributed by atoms with E-state index in [1.807, 2.05) is 38.1 Å². The molecule has 0 saturated heterocycles. The smallest absolute Gasteiger partial charge is 0.306 e. The van der Waals surface area contributed by atoms with Crippen molar-refractivity contribution in [2.75, 3.05) is 12.3 Å². The lowest BCUT2D eigenvalue weighted by atomic mass is 9.90. The van der Waals surface area contributed by atoms with Crippen molar-refractivity contribution in [3.63, 3.8) is 0 Å². The van der Waals surface area contributed by atoms with Crippen molar-refractivity contribution in [2.24, 2.45) is 5.41 Å². The van der Waals surface area contributed by atoms with E-state index in [0.29, 0.717) is 31.6 Å². The van der Waals surface area contributed by atoms with Crippen LogP contribution in [0, 0.1) is 16.7 Å². The SMILES string of the molecule is CC(C)(C#N)CCCOC(=O)CCc1cccc(N)c1. The van der Waals surface area contributed by atoms with Gasteiger partial charge in [-0.2, -0.15) is 5.26 Å². The maximum absolute atomic E-state index is 11.6. The van der Waals surface area contributed by atoms with Crippen molar-refractivity contribution in [2.45, 2.75) is 39.5 Å². The molecule has 0 atom stereocenters. The number of carbonyl (C=O) groups is 1. The number of nitriles is 1. The Balaban J connectivity index is 2.20. The Labute approximate surface area is 120 Å². The van der Waals surface area contributed by atoms with Crippen LogP contribution in [-0.4, -0.2) is 12.6 Å². The summed E-state index contributed by atoms with van der Waals surface area (Å²) in [6, 6.07) is 9.73. The molecule has 0 aromatic heterocycles. The molecule has 4 heteroatoms. The van der Waals surface area contributed by atoms with E-state index in [2.05, 4.69) is 6.07 Å². The summed E-state index contributed by atoms with van der Waals surface area (Å²) < 4.78 is 5.15. The lowest BCUT2D eigenvalue weighted by molar-refractivity contribution is -0.143. The summed E-state index contributed by atoms with van der Waals surface area (Å²) >= 11 is 0. The Morgan fingerprint density at radius 3 is 2.85 bits per heavy atom. The van der Waals surface area contributed by atoms with Crippen LogP contribution in [0.15, 0.2) is 24.3 Å². The van der Waals surface area contributed by atoms with Gasteiger partial charge in [0.05, 0.1) is 18.1 Å². The molecule has 2 N–H and O–H groups in total. The zero-order valence-corrected chi connectivity index (χ0v) is 12.2. The highest BCUT2D eigenvalue weighted by Gasteiger charge is 2.16. The average molecular weight is 274 g/mol. The molecule has 4 nitrogen and oxygen atoms in total. The van der Waals surface area contributed by atoms with Gasteiger partial charge in [0.2, 0.25) is 0 Å². The van der Waals surface area contributed by atoms with Crippen LogP contribution in [0.3, 0.4) is 0 Å². The van der Waals surface area contributed by atoms with E-state index >= 15 is 0 Å². The van der Waals surface area contributed by atoms with Crippen LogP contribution in [0.4, 0.5) is 5.69 Å². The molecule has 20 heavy (non-hydrogen) atoms. The normalized spacial score (nSPS) is 10.8. The Morgan fingerprint density at radius 1 is 1.45 bits per heavy atom. The second-order valence-corrected chi connectivity index (χ2v) is 5.56. The summed E-state index contributed by atoms with van der Waals surface area (Å²) in [5, 5.41) is 8.87. The number of benzene rings is 1. The fraction of sp³-hybridized carbons (Fsp3) is 0.500. The van der Waals surface area contributed by atoms with Gasteiger partial charge in [-0.3, -0.25) is 4.79 Å². The number of esters is 1. The fourth-order valence-electron chi connectivity index (χ4n) is 1.82. The van der Waals surface area contributed by atoms with Gasteiger partial charge in [-0.1, -0.05) is 12.1 Å². The highest BCUT2D eigenvalue weighted by Crippen LogP contribution is 2.20. The van der Waals surface area contributed by atoms with E-state index in [9.17, 15) is 4.79 Å². The first-order valence-electron chi connectivity index (χ1n) is 6.84. The maximum atomic E-state index is 11.6. The topological polar surface area (TPSA) is 76.1 Å². The number of nitrogens with two attached hydrogens (primary N) is 1. The van der Waals surface area contributed by atoms with E-state index < -0.39 is 0 Å². The molecule has 0 fully saturated rings. The van der Waals surface area contributed by atoms with Gasteiger partial charge >= 0.3 is 5.97 Å². The van der Waals surface area contributed by atoms with Crippen LogP contribution in [-0.2, 0) is 16.0 Å². The predicted octanol–water partition coefficient (Wildman–Crippen LogP) is 3.07. The van der Waals surface area contributed by atoms with E-state index in [1.165, 1.54) is 0 Å². The number of hydrogen-bond acceptors (Lipinski definition) is 4. The second-order valence-electron chi connectivity index (χ2n) is 5.56. The van der Waals surface area contributed by atoms with Crippen LogP contribution in [0.1, 0.15) is 38.7 Å². The van der Waals surface area contributed by atoms with Crippen LogP contribution < -0.4 is 5.73 Å². The molecule has 0 bridgehead atoms. The largest absolute Gasteiger partial charge is 0.466 e. The minimum absolute atomic E-state index is 0.206. The van der Waals surface area contributed by atoms with Gasteiger partial charge in [-0.25, -0.2) is 0 Å². The quantitative estimate of drug-likeness (QED) is 0.471. The maximum Gasteiger partial charge on any atom is 0.306 e. The number of ether oxygens (including phenoxy) is 1. The minimum Gasteiger partial charge on any atom is -0.466 e. The Bertz CT molecular complexity index is 489. The van der Waals surface area contributed by atoms with Gasteiger partial charge < -0.3 is 10.5 Å². The van der Waals surface area contributed by atoms with Crippen LogP contribution in [0.2, 0.25) is 0 Å². The monoisotopic (exact) mass is 274 g/mol. The Morgan fingerprint density at radius 2 is 2.20 bits per heavy atom. The van der Waals surface area contributed by atoms with Crippen molar-refractivity contribution in [1.82, 2.24) is 0 Å². The molecular formula is C16H22N2O2. The molecule has 0 saturated carbocycles. The molecule has 1 aromatic rings. The summed E-state index contributed by atoms with van der Waals surface area (Å²) in [4.78, 5) is 11.6. The van der Waals surface area contributed by atoms with Gasteiger partial charge in [0.15, 0.2) is 0 Å². The molecule has 0 unspecified atom stereocenters. The number of aryl methyl sites for hydroxylation is 1. The molecule has 1 aromatic carbocycles. The number of nitrogens with zero attached hydrogens (tertiary/aromatic N) is 1. The van der Waals surface area contributed by atoms with Gasteiger partial charge in [-0.05, 0) is 50.8 Å². The summed E-state index contributed by atoms with van der Waals surface area (Å²) in [7, 11) is 0.